The van der Waals surface area contributed by atoms with E-state index in [1.807, 2.05) is 32.0 Å². The first-order valence-electron chi connectivity index (χ1n) is 9.65. The summed E-state index contributed by atoms with van der Waals surface area (Å²) in [4.78, 5) is 13.1. The Hall–Kier alpha value is -3.33. The van der Waals surface area contributed by atoms with Crippen molar-refractivity contribution in [1.29, 1.82) is 0 Å². The van der Waals surface area contributed by atoms with Gasteiger partial charge in [0.25, 0.3) is 5.91 Å². The smallest absolute Gasteiger partial charge is 0.256 e. The van der Waals surface area contributed by atoms with Gasteiger partial charge in [-0.3, -0.25) is 4.79 Å². The lowest BCUT2D eigenvalue weighted by atomic mass is 10.1. The van der Waals surface area contributed by atoms with Crippen LogP contribution >= 0.6 is 0 Å². The van der Waals surface area contributed by atoms with E-state index in [1.165, 1.54) is 14.2 Å². The highest BCUT2D eigenvalue weighted by Crippen LogP contribution is 2.35. The first kappa shape index (κ1) is 20.9. The van der Waals surface area contributed by atoms with Gasteiger partial charge in [-0.05, 0) is 49.2 Å². The number of fused-ring (bicyclic) bond motifs is 1. The SMILES string of the molecule is COc1ccc(C(=O)Nc2c3c(nn2-c2cccc(C)c2C)CS(=O)(=O)C3)cc1OC. The number of carbonyl (C=O) groups excluding carboxylic acids is 1. The zero-order valence-electron chi connectivity index (χ0n) is 17.7. The van der Waals surface area contributed by atoms with E-state index in [0.29, 0.717) is 34.1 Å². The molecule has 2 aromatic carbocycles. The third-order valence-electron chi connectivity index (χ3n) is 5.47. The second-order valence-corrected chi connectivity index (χ2v) is 9.53. The lowest BCUT2D eigenvalue weighted by Gasteiger charge is -2.15. The van der Waals surface area contributed by atoms with Crippen molar-refractivity contribution >= 4 is 21.6 Å². The lowest BCUT2D eigenvalue weighted by molar-refractivity contribution is 0.102. The molecule has 0 atom stereocenters. The maximum absolute atomic E-state index is 13.1. The minimum atomic E-state index is -3.29. The molecule has 0 bridgehead atoms. The van der Waals surface area contributed by atoms with Gasteiger partial charge in [0.15, 0.2) is 21.3 Å². The van der Waals surface area contributed by atoms with Crippen LogP contribution in [0.15, 0.2) is 36.4 Å². The molecule has 1 amide bonds. The average molecular weight is 442 g/mol. The fourth-order valence-corrected chi connectivity index (χ4v) is 5.16. The normalized spacial score (nSPS) is 14.2. The van der Waals surface area contributed by atoms with Crippen LogP contribution in [-0.4, -0.2) is 38.3 Å². The summed E-state index contributed by atoms with van der Waals surface area (Å²) >= 11 is 0. The van der Waals surface area contributed by atoms with Gasteiger partial charge in [0.05, 0.1) is 37.1 Å². The summed E-state index contributed by atoms with van der Waals surface area (Å²) in [6.45, 7) is 3.95. The molecule has 0 saturated carbocycles. The second-order valence-electron chi connectivity index (χ2n) is 7.46. The van der Waals surface area contributed by atoms with Crippen molar-refractivity contribution < 1.29 is 22.7 Å². The highest BCUT2D eigenvalue weighted by atomic mass is 32.2. The zero-order valence-corrected chi connectivity index (χ0v) is 18.5. The van der Waals surface area contributed by atoms with Gasteiger partial charge in [0.1, 0.15) is 5.82 Å². The summed E-state index contributed by atoms with van der Waals surface area (Å²) in [6.07, 6.45) is 0. The molecule has 0 spiro atoms. The molecule has 162 valence electrons. The fraction of sp³-hybridized carbons (Fsp3) is 0.273. The molecule has 9 heteroatoms. The number of ether oxygens (including phenoxy) is 2. The molecule has 0 aliphatic carbocycles. The van der Waals surface area contributed by atoms with E-state index >= 15 is 0 Å². The number of hydrogen-bond acceptors (Lipinski definition) is 6. The van der Waals surface area contributed by atoms with E-state index in [1.54, 1.807) is 22.9 Å². The van der Waals surface area contributed by atoms with E-state index in [0.717, 1.165) is 16.8 Å². The number of rotatable bonds is 5. The van der Waals surface area contributed by atoms with Crippen LogP contribution < -0.4 is 14.8 Å². The van der Waals surface area contributed by atoms with Crippen molar-refractivity contribution in [3.05, 3.63) is 64.3 Å². The summed E-state index contributed by atoms with van der Waals surface area (Å²) in [6, 6.07) is 10.6. The Morgan fingerprint density at radius 3 is 2.52 bits per heavy atom. The molecule has 0 fully saturated rings. The van der Waals surface area contributed by atoms with Gasteiger partial charge >= 0.3 is 0 Å². The van der Waals surface area contributed by atoms with Gasteiger partial charge in [0, 0.05) is 11.1 Å². The number of methoxy groups -OCH3 is 2. The highest BCUT2D eigenvalue weighted by Gasteiger charge is 2.33. The van der Waals surface area contributed by atoms with Gasteiger partial charge in [-0.25, -0.2) is 13.1 Å². The van der Waals surface area contributed by atoms with Crippen LogP contribution in [0, 0.1) is 13.8 Å². The quantitative estimate of drug-likeness (QED) is 0.653. The molecule has 1 aromatic heterocycles. The van der Waals surface area contributed by atoms with Crippen LogP contribution in [0.3, 0.4) is 0 Å². The first-order chi connectivity index (χ1) is 14.7. The number of hydrogen-bond donors (Lipinski definition) is 1. The number of sulfone groups is 1. The summed E-state index contributed by atoms with van der Waals surface area (Å²) in [5.74, 6) is 0.593. The lowest BCUT2D eigenvalue weighted by Crippen LogP contribution is -2.17. The monoisotopic (exact) mass is 441 g/mol. The molecule has 0 unspecified atom stereocenters. The Balaban J connectivity index is 1.79. The predicted molar refractivity (Wildman–Crippen MR) is 117 cm³/mol. The number of nitrogens with zero attached hydrogens (tertiary/aromatic N) is 2. The van der Waals surface area contributed by atoms with E-state index in [9.17, 15) is 13.2 Å². The number of amides is 1. The molecule has 1 aliphatic rings. The number of benzene rings is 2. The molecule has 0 saturated heterocycles. The van der Waals surface area contributed by atoms with Crippen LogP contribution in [-0.2, 0) is 21.3 Å². The molecule has 4 rings (SSSR count). The third-order valence-corrected chi connectivity index (χ3v) is 6.91. The van der Waals surface area contributed by atoms with Crippen molar-refractivity contribution in [3.63, 3.8) is 0 Å². The first-order valence-corrected chi connectivity index (χ1v) is 11.5. The Kier molecular flexibility index (Phi) is 5.22. The van der Waals surface area contributed by atoms with Gasteiger partial charge < -0.3 is 14.8 Å². The number of nitrogens with one attached hydrogen (secondary N) is 1. The van der Waals surface area contributed by atoms with E-state index < -0.39 is 15.7 Å². The Bertz CT molecular complexity index is 1290. The van der Waals surface area contributed by atoms with Crippen molar-refractivity contribution in [1.82, 2.24) is 9.78 Å². The van der Waals surface area contributed by atoms with Gasteiger partial charge in [-0.1, -0.05) is 12.1 Å². The molecular formula is C22H23N3O5S. The topological polar surface area (TPSA) is 99.5 Å². The number of aromatic nitrogens is 2. The van der Waals surface area contributed by atoms with E-state index in [4.69, 9.17) is 9.47 Å². The minimum Gasteiger partial charge on any atom is -0.493 e. The van der Waals surface area contributed by atoms with Crippen LogP contribution in [0.25, 0.3) is 5.69 Å². The van der Waals surface area contributed by atoms with Crippen molar-refractivity contribution in [2.45, 2.75) is 25.4 Å². The van der Waals surface area contributed by atoms with E-state index in [-0.39, 0.29) is 11.5 Å². The minimum absolute atomic E-state index is 0.139. The fourth-order valence-electron chi connectivity index (χ4n) is 3.67. The third kappa shape index (κ3) is 3.76. The molecule has 1 N–H and O–H groups in total. The Labute approximate surface area is 180 Å². The number of anilines is 1. The Morgan fingerprint density at radius 2 is 1.81 bits per heavy atom. The molecule has 8 nitrogen and oxygen atoms in total. The second kappa shape index (κ2) is 7.73. The summed E-state index contributed by atoms with van der Waals surface area (Å²) in [5.41, 5.74) is 4.18. The van der Waals surface area contributed by atoms with Crippen LogP contribution in [0.1, 0.15) is 32.7 Å². The molecule has 0 radical (unpaired) electrons. The molecule has 2 heterocycles. The van der Waals surface area contributed by atoms with Crippen LogP contribution in [0.5, 0.6) is 11.5 Å². The maximum atomic E-state index is 13.1. The number of carbonyl (C=O) groups is 1. The Morgan fingerprint density at radius 1 is 1.06 bits per heavy atom. The largest absolute Gasteiger partial charge is 0.493 e. The van der Waals surface area contributed by atoms with Gasteiger partial charge in [-0.15, -0.1) is 0 Å². The standard InChI is InChI=1S/C22H23N3O5S/c1-13-6-5-7-18(14(13)2)25-21(16-11-31(27,28)12-17(16)24-25)23-22(26)15-8-9-19(29-3)20(10-15)30-4/h5-10H,11-12H2,1-4H3,(H,23,26). The van der Waals surface area contributed by atoms with Crippen molar-refractivity contribution in [2.24, 2.45) is 0 Å². The number of aryl methyl sites for hydroxylation is 1. The zero-order chi connectivity index (χ0) is 22.3. The molecule has 1 aliphatic heterocycles. The van der Waals surface area contributed by atoms with Crippen molar-refractivity contribution in [3.8, 4) is 17.2 Å². The van der Waals surface area contributed by atoms with Crippen LogP contribution in [0.2, 0.25) is 0 Å². The van der Waals surface area contributed by atoms with Gasteiger partial charge in [-0.2, -0.15) is 5.10 Å². The molecule has 3 aromatic rings. The molecule has 31 heavy (non-hydrogen) atoms. The summed E-state index contributed by atoms with van der Waals surface area (Å²) in [5, 5.41) is 7.42. The average Bonchev–Trinajstić information content (AvgIpc) is 3.21. The highest BCUT2D eigenvalue weighted by molar-refractivity contribution is 7.90. The summed E-state index contributed by atoms with van der Waals surface area (Å²) < 4.78 is 36.5. The summed E-state index contributed by atoms with van der Waals surface area (Å²) in [7, 11) is -0.275. The van der Waals surface area contributed by atoms with E-state index in [2.05, 4.69) is 10.4 Å². The maximum Gasteiger partial charge on any atom is 0.256 e. The predicted octanol–water partition coefficient (Wildman–Crippen LogP) is 3.19. The molecular weight excluding hydrogens is 418 g/mol. The van der Waals surface area contributed by atoms with Crippen LogP contribution in [0.4, 0.5) is 5.82 Å². The van der Waals surface area contributed by atoms with Gasteiger partial charge in [0.2, 0.25) is 0 Å². The van der Waals surface area contributed by atoms with Crippen molar-refractivity contribution in [2.75, 3.05) is 19.5 Å².